The fraction of sp³-hybridized carbons (Fsp3) is 1.00. The highest BCUT2D eigenvalue weighted by Crippen LogP contribution is 2.38. The van der Waals surface area contributed by atoms with Gasteiger partial charge in [-0.25, -0.2) is 0 Å². The maximum Gasteiger partial charge on any atom is 0.182 e. The van der Waals surface area contributed by atoms with Crippen molar-refractivity contribution in [1.29, 1.82) is 0 Å². The summed E-state index contributed by atoms with van der Waals surface area (Å²) >= 11 is 0. The molecule has 2 aliphatic heterocycles. The maximum absolute atomic E-state index is 5.89. The summed E-state index contributed by atoms with van der Waals surface area (Å²) in [6, 6.07) is 0. The Kier molecular flexibility index (Phi) is 2.66. The summed E-state index contributed by atoms with van der Waals surface area (Å²) in [5, 5.41) is 0. The van der Waals surface area contributed by atoms with Gasteiger partial charge in [-0.05, 0) is 50.9 Å². The average Bonchev–Trinajstić information content (AvgIpc) is 2.48. The van der Waals surface area contributed by atoms with Gasteiger partial charge in [0.05, 0.1) is 0 Å². The van der Waals surface area contributed by atoms with Crippen LogP contribution in [0.15, 0.2) is 0 Å². The van der Waals surface area contributed by atoms with Crippen LogP contribution < -0.4 is 0 Å². The van der Waals surface area contributed by atoms with Gasteiger partial charge in [-0.2, -0.15) is 0 Å². The standard InChI is InChI=1S/C10H19BN2/c1-2-12-7-5-10(8-12)4-3-6-13(11)9-10/h2-9H2,1H3. The second kappa shape index (κ2) is 3.62. The smallest absolute Gasteiger partial charge is 0.182 e. The minimum absolute atomic E-state index is 0.545. The molecule has 72 valence electrons. The highest BCUT2D eigenvalue weighted by atomic mass is 15.2. The minimum atomic E-state index is 0.545. The molecule has 2 aliphatic rings. The lowest BCUT2D eigenvalue weighted by molar-refractivity contribution is 0.152. The number of hydrogen-bond acceptors (Lipinski definition) is 2. The summed E-state index contributed by atoms with van der Waals surface area (Å²) in [5.74, 6) is 0. The zero-order chi connectivity index (χ0) is 9.31. The van der Waals surface area contributed by atoms with Crippen LogP contribution in [0, 0.1) is 5.41 Å². The van der Waals surface area contributed by atoms with E-state index in [1.165, 1.54) is 38.9 Å². The van der Waals surface area contributed by atoms with Crippen molar-refractivity contribution in [2.75, 3.05) is 32.7 Å². The summed E-state index contributed by atoms with van der Waals surface area (Å²) in [6.07, 6.45) is 4.03. The van der Waals surface area contributed by atoms with Gasteiger partial charge in [0, 0.05) is 6.54 Å². The summed E-state index contributed by atoms with van der Waals surface area (Å²) in [7, 11) is 5.89. The molecule has 0 bridgehead atoms. The van der Waals surface area contributed by atoms with Crippen molar-refractivity contribution in [3.63, 3.8) is 0 Å². The summed E-state index contributed by atoms with van der Waals surface area (Å²) < 4.78 is 0. The molecule has 0 aromatic heterocycles. The van der Waals surface area contributed by atoms with Gasteiger partial charge in [0.2, 0.25) is 0 Å². The first-order valence-corrected chi connectivity index (χ1v) is 5.46. The number of rotatable bonds is 1. The quantitative estimate of drug-likeness (QED) is 0.550. The molecule has 0 N–H and O–H groups in total. The highest BCUT2D eigenvalue weighted by molar-refractivity contribution is 6.04. The molecular weight excluding hydrogens is 159 g/mol. The normalized spacial score (nSPS) is 37.3. The number of nitrogens with zero attached hydrogens (tertiary/aromatic N) is 2. The molecule has 0 amide bonds. The average molecular weight is 178 g/mol. The predicted octanol–water partition coefficient (Wildman–Crippen LogP) is 0.878. The Labute approximate surface area is 82.7 Å². The predicted molar refractivity (Wildman–Crippen MR) is 55.7 cm³/mol. The lowest BCUT2D eigenvalue weighted by Crippen LogP contribution is -2.43. The van der Waals surface area contributed by atoms with Gasteiger partial charge < -0.3 is 9.71 Å². The Hall–Kier alpha value is -0.0151. The topological polar surface area (TPSA) is 6.48 Å². The van der Waals surface area contributed by atoms with Crippen molar-refractivity contribution in [2.45, 2.75) is 26.2 Å². The molecule has 3 heteroatoms. The third-order valence-electron chi connectivity index (χ3n) is 3.66. The Morgan fingerprint density at radius 3 is 2.69 bits per heavy atom. The molecule has 13 heavy (non-hydrogen) atoms. The second-order valence-corrected chi connectivity index (χ2v) is 4.69. The molecule has 2 nitrogen and oxygen atoms in total. The molecule has 2 saturated heterocycles. The van der Waals surface area contributed by atoms with Gasteiger partial charge in [0.25, 0.3) is 0 Å². The Morgan fingerprint density at radius 2 is 2.08 bits per heavy atom. The third kappa shape index (κ3) is 1.91. The van der Waals surface area contributed by atoms with Gasteiger partial charge in [-0.15, -0.1) is 0 Å². The van der Waals surface area contributed by atoms with E-state index in [4.69, 9.17) is 7.98 Å². The van der Waals surface area contributed by atoms with Gasteiger partial charge in [-0.1, -0.05) is 6.92 Å². The molecule has 2 heterocycles. The zero-order valence-electron chi connectivity index (χ0n) is 8.63. The molecule has 0 aromatic carbocycles. The molecule has 2 radical (unpaired) electrons. The van der Waals surface area contributed by atoms with E-state index >= 15 is 0 Å². The van der Waals surface area contributed by atoms with Crippen LogP contribution in [-0.4, -0.2) is 50.4 Å². The van der Waals surface area contributed by atoms with Crippen molar-refractivity contribution in [1.82, 2.24) is 9.71 Å². The summed E-state index contributed by atoms with van der Waals surface area (Å²) in [6.45, 7) is 8.22. The molecule has 1 unspecified atom stereocenters. The molecule has 0 saturated carbocycles. The number of piperidine rings is 1. The van der Waals surface area contributed by atoms with Crippen LogP contribution >= 0.6 is 0 Å². The monoisotopic (exact) mass is 178 g/mol. The Bertz CT molecular complexity index is 186. The van der Waals surface area contributed by atoms with E-state index in [1.54, 1.807) is 0 Å². The fourth-order valence-electron chi connectivity index (χ4n) is 2.88. The number of hydrogen-bond donors (Lipinski definition) is 0. The van der Waals surface area contributed by atoms with Crippen LogP contribution in [0.3, 0.4) is 0 Å². The second-order valence-electron chi connectivity index (χ2n) is 4.69. The Balaban J connectivity index is 1.97. The zero-order valence-corrected chi connectivity index (χ0v) is 8.63. The van der Waals surface area contributed by atoms with E-state index in [9.17, 15) is 0 Å². The van der Waals surface area contributed by atoms with E-state index < -0.39 is 0 Å². The lowest BCUT2D eigenvalue weighted by Gasteiger charge is -2.39. The van der Waals surface area contributed by atoms with Gasteiger partial charge in [-0.3, -0.25) is 0 Å². The summed E-state index contributed by atoms with van der Waals surface area (Å²) in [4.78, 5) is 4.57. The largest absolute Gasteiger partial charge is 0.353 e. The van der Waals surface area contributed by atoms with E-state index in [1.807, 2.05) is 4.81 Å². The van der Waals surface area contributed by atoms with Crippen LogP contribution in [0.25, 0.3) is 0 Å². The van der Waals surface area contributed by atoms with Gasteiger partial charge in [0.15, 0.2) is 7.98 Å². The van der Waals surface area contributed by atoms with Crippen LogP contribution in [0.5, 0.6) is 0 Å². The molecule has 1 atom stereocenters. The van der Waals surface area contributed by atoms with E-state index in [0.29, 0.717) is 5.41 Å². The molecule has 2 rings (SSSR count). The first-order valence-electron chi connectivity index (χ1n) is 5.46. The Morgan fingerprint density at radius 1 is 1.23 bits per heavy atom. The van der Waals surface area contributed by atoms with Crippen LogP contribution in [-0.2, 0) is 0 Å². The third-order valence-corrected chi connectivity index (χ3v) is 3.66. The van der Waals surface area contributed by atoms with Crippen LogP contribution in [0.2, 0.25) is 0 Å². The van der Waals surface area contributed by atoms with Crippen LogP contribution in [0.1, 0.15) is 26.2 Å². The van der Waals surface area contributed by atoms with Crippen molar-refractivity contribution in [3.8, 4) is 0 Å². The van der Waals surface area contributed by atoms with Crippen LogP contribution in [0.4, 0.5) is 0 Å². The van der Waals surface area contributed by atoms with E-state index in [0.717, 1.165) is 13.1 Å². The molecule has 1 spiro atoms. The van der Waals surface area contributed by atoms with Gasteiger partial charge >= 0.3 is 0 Å². The minimum Gasteiger partial charge on any atom is -0.353 e. The van der Waals surface area contributed by atoms with Crippen molar-refractivity contribution in [3.05, 3.63) is 0 Å². The van der Waals surface area contributed by atoms with Crippen molar-refractivity contribution in [2.24, 2.45) is 5.41 Å². The van der Waals surface area contributed by atoms with Crippen molar-refractivity contribution < 1.29 is 0 Å². The van der Waals surface area contributed by atoms with E-state index in [-0.39, 0.29) is 0 Å². The number of likely N-dealkylation sites (tertiary alicyclic amines) is 1. The highest BCUT2D eigenvalue weighted by Gasteiger charge is 2.39. The molecule has 0 aromatic rings. The molecular formula is C10H19BN2. The van der Waals surface area contributed by atoms with E-state index in [2.05, 4.69) is 11.8 Å². The molecule has 0 aliphatic carbocycles. The maximum atomic E-state index is 5.89. The summed E-state index contributed by atoms with van der Waals surface area (Å²) in [5.41, 5.74) is 0.545. The SMILES string of the molecule is [B]N1CCCC2(CCN(CC)C2)C1. The molecule has 2 fully saturated rings. The van der Waals surface area contributed by atoms with Gasteiger partial charge in [0.1, 0.15) is 0 Å². The first kappa shape index (κ1) is 9.54. The van der Waals surface area contributed by atoms with Crippen molar-refractivity contribution >= 4 is 7.98 Å². The first-order chi connectivity index (χ1) is 6.24. The fourth-order valence-corrected chi connectivity index (χ4v) is 2.88. The lowest BCUT2D eigenvalue weighted by atomic mass is 9.78.